The lowest BCUT2D eigenvalue weighted by Gasteiger charge is -2.41. The van der Waals surface area contributed by atoms with Gasteiger partial charge in [-0.05, 0) is 18.3 Å². The molecule has 0 aromatic heterocycles. The van der Waals surface area contributed by atoms with Gasteiger partial charge in [-0.2, -0.15) is 0 Å². The summed E-state index contributed by atoms with van der Waals surface area (Å²) in [7, 11) is 0. The van der Waals surface area contributed by atoms with E-state index in [0.717, 1.165) is 31.5 Å². The lowest BCUT2D eigenvalue weighted by atomic mass is 9.82. The normalized spacial score (nSPS) is 25.1. The second kappa shape index (κ2) is 7.07. The van der Waals surface area contributed by atoms with Crippen LogP contribution in [0.4, 0.5) is 0 Å². The van der Waals surface area contributed by atoms with Gasteiger partial charge in [-0.3, -0.25) is 9.69 Å². The van der Waals surface area contributed by atoms with Crippen molar-refractivity contribution in [3.8, 4) is 0 Å². The van der Waals surface area contributed by atoms with Crippen molar-refractivity contribution in [2.24, 2.45) is 5.41 Å². The highest BCUT2D eigenvalue weighted by molar-refractivity contribution is 9.09. The molecule has 19 heavy (non-hydrogen) atoms. The number of rotatable bonds is 3. The van der Waals surface area contributed by atoms with Crippen molar-refractivity contribution in [2.75, 3.05) is 38.1 Å². The van der Waals surface area contributed by atoms with Crippen LogP contribution < -0.4 is 0 Å². The predicted octanol–water partition coefficient (Wildman–Crippen LogP) is 2.89. The molecule has 1 heterocycles. The number of hydrogen-bond acceptors (Lipinski definition) is 2. The topological polar surface area (TPSA) is 23.6 Å². The maximum Gasteiger partial charge on any atom is 0.219 e. The minimum absolute atomic E-state index is 0.226. The molecular weight excluding hydrogens is 304 g/mol. The summed E-state index contributed by atoms with van der Waals surface area (Å²) in [5.74, 6) is 0.226. The molecule has 0 unspecified atom stereocenters. The first-order valence-electron chi connectivity index (χ1n) is 7.69. The Labute approximate surface area is 125 Å². The second-order valence-electron chi connectivity index (χ2n) is 6.33. The highest BCUT2D eigenvalue weighted by Crippen LogP contribution is 2.37. The lowest BCUT2D eigenvalue weighted by molar-refractivity contribution is -0.130. The van der Waals surface area contributed by atoms with E-state index in [-0.39, 0.29) is 5.91 Å². The summed E-state index contributed by atoms with van der Waals surface area (Å²) < 4.78 is 0. The molecule has 3 nitrogen and oxygen atoms in total. The standard InChI is InChI=1S/C15H27BrN2O/c1-14(19)18-10-8-17(9-11-18)13-15(12-16)6-4-2-3-5-7-15/h2-13H2,1H3. The first kappa shape index (κ1) is 15.3. The Hall–Kier alpha value is -0.0900. The average Bonchev–Trinajstić information content (AvgIpc) is 2.65. The molecule has 0 atom stereocenters. The summed E-state index contributed by atoms with van der Waals surface area (Å²) in [4.78, 5) is 15.9. The summed E-state index contributed by atoms with van der Waals surface area (Å²) in [5, 5.41) is 1.13. The van der Waals surface area contributed by atoms with Crippen molar-refractivity contribution in [1.82, 2.24) is 9.80 Å². The Morgan fingerprint density at radius 1 is 1.05 bits per heavy atom. The first-order chi connectivity index (χ1) is 9.15. The molecule has 2 fully saturated rings. The fourth-order valence-corrected chi connectivity index (χ4v) is 4.25. The van der Waals surface area contributed by atoms with Gasteiger partial charge in [0, 0.05) is 45.0 Å². The smallest absolute Gasteiger partial charge is 0.219 e. The fourth-order valence-electron chi connectivity index (χ4n) is 3.51. The zero-order valence-corrected chi connectivity index (χ0v) is 13.8. The van der Waals surface area contributed by atoms with Crippen molar-refractivity contribution < 1.29 is 4.79 Å². The minimum atomic E-state index is 0.226. The highest BCUT2D eigenvalue weighted by atomic mass is 79.9. The van der Waals surface area contributed by atoms with Crippen LogP contribution in [0.3, 0.4) is 0 Å². The van der Waals surface area contributed by atoms with E-state index in [0.29, 0.717) is 5.41 Å². The predicted molar refractivity (Wildman–Crippen MR) is 82.6 cm³/mol. The van der Waals surface area contributed by atoms with Crippen LogP contribution in [0.2, 0.25) is 0 Å². The molecule has 1 saturated carbocycles. The van der Waals surface area contributed by atoms with Crippen molar-refractivity contribution in [3.05, 3.63) is 0 Å². The van der Waals surface area contributed by atoms with Crippen LogP contribution in [0.5, 0.6) is 0 Å². The van der Waals surface area contributed by atoms with Gasteiger partial charge in [0.05, 0.1) is 0 Å². The third-order valence-corrected chi connectivity index (χ3v) is 6.01. The van der Waals surface area contributed by atoms with E-state index in [1.54, 1.807) is 6.92 Å². The summed E-state index contributed by atoms with van der Waals surface area (Å²) >= 11 is 3.77. The number of piperazine rings is 1. The maximum absolute atomic E-state index is 11.4. The molecule has 2 aliphatic rings. The van der Waals surface area contributed by atoms with E-state index in [2.05, 4.69) is 20.8 Å². The van der Waals surface area contributed by atoms with E-state index in [4.69, 9.17) is 0 Å². The molecule has 0 spiro atoms. The van der Waals surface area contributed by atoms with Crippen LogP contribution in [0.15, 0.2) is 0 Å². The number of amides is 1. The lowest BCUT2D eigenvalue weighted by Crippen LogP contribution is -2.51. The molecule has 110 valence electrons. The zero-order valence-electron chi connectivity index (χ0n) is 12.2. The van der Waals surface area contributed by atoms with Gasteiger partial charge in [0.1, 0.15) is 0 Å². The Kier molecular flexibility index (Phi) is 5.70. The van der Waals surface area contributed by atoms with Gasteiger partial charge in [0.15, 0.2) is 0 Å². The molecule has 0 aromatic carbocycles. The summed E-state index contributed by atoms with van der Waals surface area (Å²) in [6.45, 7) is 6.81. The number of hydrogen-bond donors (Lipinski definition) is 0. The van der Waals surface area contributed by atoms with Gasteiger partial charge in [-0.15, -0.1) is 0 Å². The largest absolute Gasteiger partial charge is 0.340 e. The van der Waals surface area contributed by atoms with E-state index in [1.165, 1.54) is 45.1 Å². The molecule has 4 heteroatoms. The van der Waals surface area contributed by atoms with Crippen molar-refractivity contribution in [1.29, 1.82) is 0 Å². The van der Waals surface area contributed by atoms with E-state index in [1.807, 2.05) is 4.90 Å². The summed E-state index contributed by atoms with van der Waals surface area (Å²) in [6.07, 6.45) is 8.33. The quantitative estimate of drug-likeness (QED) is 0.586. The monoisotopic (exact) mass is 330 g/mol. The van der Waals surface area contributed by atoms with Crippen LogP contribution in [0.1, 0.15) is 45.4 Å². The first-order valence-corrected chi connectivity index (χ1v) is 8.81. The summed E-state index contributed by atoms with van der Waals surface area (Å²) in [6, 6.07) is 0. The number of nitrogens with zero attached hydrogens (tertiary/aromatic N) is 2. The van der Waals surface area contributed by atoms with Gasteiger partial charge in [0.25, 0.3) is 0 Å². The minimum Gasteiger partial charge on any atom is -0.340 e. The second-order valence-corrected chi connectivity index (χ2v) is 6.89. The fraction of sp³-hybridized carbons (Fsp3) is 0.933. The molecule has 1 saturated heterocycles. The highest BCUT2D eigenvalue weighted by Gasteiger charge is 2.33. The third-order valence-electron chi connectivity index (χ3n) is 4.82. The van der Waals surface area contributed by atoms with Crippen LogP contribution in [-0.4, -0.2) is 53.8 Å². The van der Waals surface area contributed by atoms with E-state index >= 15 is 0 Å². The number of alkyl halides is 1. The molecule has 2 rings (SSSR count). The van der Waals surface area contributed by atoms with Crippen LogP contribution in [-0.2, 0) is 4.79 Å². The van der Waals surface area contributed by atoms with Crippen molar-refractivity contribution >= 4 is 21.8 Å². The zero-order chi connectivity index (χ0) is 13.7. The van der Waals surface area contributed by atoms with E-state index in [9.17, 15) is 4.79 Å². The SMILES string of the molecule is CC(=O)N1CCN(CC2(CBr)CCCCCC2)CC1. The van der Waals surface area contributed by atoms with Crippen LogP contribution in [0, 0.1) is 5.41 Å². The van der Waals surface area contributed by atoms with Crippen LogP contribution >= 0.6 is 15.9 Å². The molecule has 0 radical (unpaired) electrons. The third kappa shape index (κ3) is 4.19. The van der Waals surface area contributed by atoms with Gasteiger partial charge >= 0.3 is 0 Å². The van der Waals surface area contributed by atoms with E-state index < -0.39 is 0 Å². The Morgan fingerprint density at radius 2 is 1.63 bits per heavy atom. The number of carbonyl (C=O) groups is 1. The van der Waals surface area contributed by atoms with Gasteiger partial charge in [0.2, 0.25) is 5.91 Å². The molecule has 0 N–H and O–H groups in total. The Bertz CT molecular complexity index is 293. The molecule has 1 amide bonds. The number of carbonyl (C=O) groups excluding carboxylic acids is 1. The molecule has 0 aromatic rings. The molecular formula is C15H27BrN2O. The Morgan fingerprint density at radius 3 is 2.11 bits per heavy atom. The number of halogens is 1. The average molecular weight is 331 g/mol. The molecule has 1 aliphatic carbocycles. The summed E-state index contributed by atoms with van der Waals surface area (Å²) in [5.41, 5.74) is 0.481. The molecule has 0 bridgehead atoms. The van der Waals surface area contributed by atoms with Crippen molar-refractivity contribution in [3.63, 3.8) is 0 Å². The molecule has 1 aliphatic heterocycles. The Balaban J connectivity index is 1.87. The van der Waals surface area contributed by atoms with Gasteiger partial charge in [-0.25, -0.2) is 0 Å². The van der Waals surface area contributed by atoms with Gasteiger partial charge in [-0.1, -0.05) is 41.6 Å². The van der Waals surface area contributed by atoms with Crippen LogP contribution in [0.25, 0.3) is 0 Å². The van der Waals surface area contributed by atoms with Gasteiger partial charge < -0.3 is 4.90 Å². The van der Waals surface area contributed by atoms with Crippen molar-refractivity contribution in [2.45, 2.75) is 45.4 Å². The maximum atomic E-state index is 11.4.